The van der Waals surface area contributed by atoms with Crippen molar-refractivity contribution in [3.63, 3.8) is 0 Å². The normalized spacial score (nSPS) is 14.5. The largest absolute Gasteiger partial charge is 0.102 e. The van der Waals surface area contributed by atoms with Gasteiger partial charge in [-0.15, -0.1) is 6.58 Å². The minimum Gasteiger partial charge on any atom is -0.102 e. The summed E-state index contributed by atoms with van der Waals surface area (Å²) in [5.41, 5.74) is 1.41. The van der Waals surface area contributed by atoms with Crippen LogP contribution in [0.1, 0.15) is 31.7 Å². The van der Waals surface area contributed by atoms with Gasteiger partial charge in [-0.25, -0.2) is 0 Å². The van der Waals surface area contributed by atoms with Crippen molar-refractivity contribution in [2.24, 2.45) is 5.92 Å². The van der Waals surface area contributed by atoms with E-state index in [9.17, 15) is 0 Å². The first-order valence-corrected chi connectivity index (χ1v) is 6.38. The molecule has 0 aliphatic heterocycles. The van der Waals surface area contributed by atoms with Crippen molar-refractivity contribution in [3.05, 3.63) is 60.7 Å². The van der Waals surface area contributed by atoms with E-state index in [0.717, 1.165) is 0 Å². The van der Waals surface area contributed by atoms with Crippen LogP contribution in [-0.4, -0.2) is 0 Å². The second-order valence-corrected chi connectivity index (χ2v) is 4.72. The first-order chi connectivity index (χ1) is 8.27. The lowest BCUT2D eigenvalue weighted by atomic mass is 9.83. The fourth-order valence-electron chi connectivity index (χ4n) is 2.46. The van der Waals surface area contributed by atoms with Crippen molar-refractivity contribution in [3.8, 4) is 0 Å². The van der Waals surface area contributed by atoms with Crippen molar-refractivity contribution < 1.29 is 0 Å². The third-order valence-electron chi connectivity index (χ3n) is 3.69. The summed E-state index contributed by atoms with van der Waals surface area (Å²) in [7, 11) is 0. The minimum atomic E-state index is 0.450. The number of hydrogen-bond acceptors (Lipinski definition) is 0. The molecule has 0 bridgehead atoms. The number of rotatable bonds is 4. The van der Waals surface area contributed by atoms with E-state index in [1.54, 1.807) is 0 Å². The van der Waals surface area contributed by atoms with E-state index in [4.69, 9.17) is 0 Å². The molecule has 0 nitrogen and oxygen atoms in total. The van der Waals surface area contributed by atoms with Crippen molar-refractivity contribution in [2.45, 2.75) is 26.2 Å². The predicted octanol–water partition coefficient (Wildman–Crippen LogP) is 5.16. The second kappa shape index (κ2) is 5.18. The lowest BCUT2D eigenvalue weighted by Gasteiger charge is -2.21. The van der Waals surface area contributed by atoms with Crippen LogP contribution in [0.2, 0.25) is 0 Å². The maximum absolute atomic E-state index is 4.01. The molecule has 1 unspecified atom stereocenters. The third-order valence-corrected chi connectivity index (χ3v) is 3.69. The van der Waals surface area contributed by atoms with E-state index in [1.165, 1.54) is 22.8 Å². The van der Waals surface area contributed by atoms with Crippen molar-refractivity contribution in [1.29, 1.82) is 0 Å². The molecule has 17 heavy (non-hydrogen) atoms. The molecule has 0 aromatic heterocycles. The van der Waals surface area contributed by atoms with Crippen molar-refractivity contribution in [1.82, 2.24) is 0 Å². The van der Waals surface area contributed by atoms with Gasteiger partial charge in [0.25, 0.3) is 0 Å². The van der Waals surface area contributed by atoms with Gasteiger partial charge in [0, 0.05) is 5.92 Å². The highest BCUT2D eigenvalue weighted by Gasteiger charge is 2.16. The quantitative estimate of drug-likeness (QED) is 0.630. The number of benzene rings is 2. The van der Waals surface area contributed by atoms with E-state index >= 15 is 0 Å². The highest BCUT2D eigenvalue weighted by atomic mass is 14.2. The van der Waals surface area contributed by atoms with Gasteiger partial charge in [0.15, 0.2) is 0 Å². The molecule has 0 saturated heterocycles. The Kier molecular flexibility index (Phi) is 3.63. The maximum atomic E-state index is 4.01. The maximum Gasteiger partial charge on any atom is 0.00470 e. The fraction of sp³-hybridized carbons (Fsp3) is 0.294. The molecule has 0 heterocycles. The molecule has 0 fully saturated rings. The molecule has 2 aromatic rings. The van der Waals surface area contributed by atoms with Gasteiger partial charge < -0.3 is 0 Å². The Morgan fingerprint density at radius 3 is 2.53 bits per heavy atom. The average molecular weight is 224 g/mol. The molecule has 0 heteroatoms. The van der Waals surface area contributed by atoms with E-state index < -0.39 is 0 Å². The van der Waals surface area contributed by atoms with Gasteiger partial charge in [0.05, 0.1) is 0 Å². The molecule has 88 valence electrons. The number of allylic oxidation sites excluding steroid dienone is 1. The van der Waals surface area contributed by atoms with E-state index in [1.807, 2.05) is 0 Å². The van der Waals surface area contributed by atoms with Crippen LogP contribution in [0.25, 0.3) is 10.8 Å². The minimum absolute atomic E-state index is 0.450. The van der Waals surface area contributed by atoms with E-state index in [-0.39, 0.29) is 0 Å². The molecule has 0 spiro atoms. The molecule has 2 aromatic carbocycles. The summed E-state index contributed by atoms with van der Waals surface area (Å²) in [5.74, 6) is 1.09. The van der Waals surface area contributed by atoms with Gasteiger partial charge in [0.2, 0.25) is 0 Å². The Hall–Kier alpha value is -1.56. The van der Waals surface area contributed by atoms with Crippen LogP contribution in [0.5, 0.6) is 0 Å². The molecule has 0 amide bonds. The smallest absolute Gasteiger partial charge is 0.00470 e. The van der Waals surface area contributed by atoms with Crippen molar-refractivity contribution in [2.75, 3.05) is 0 Å². The van der Waals surface area contributed by atoms with E-state index in [2.05, 4.69) is 69.0 Å². The summed E-state index contributed by atoms with van der Waals surface area (Å²) in [6.07, 6.45) is 3.27. The van der Waals surface area contributed by atoms with Crippen LogP contribution in [0.15, 0.2) is 55.1 Å². The fourth-order valence-corrected chi connectivity index (χ4v) is 2.46. The average Bonchev–Trinajstić information content (AvgIpc) is 2.39. The van der Waals surface area contributed by atoms with Crippen molar-refractivity contribution >= 4 is 10.8 Å². The molecular weight excluding hydrogens is 204 g/mol. The Bertz CT molecular complexity index is 505. The molecule has 2 atom stereocenters. The lowest BCUT2D eigenvalue weighted by Crippen LogP contribution is -2.06. The lowest BCUT2D eigenvalue weighted by molar-refractivity contribution is 0.510. The van der Waals surface area contributed by atoms with Crippen LogP contribution < -0.4 is 0 Å². The molecule has 0 aliphatic rings. The first kappa shape index (κ1) is 11.9. The van der Waals surface area contributed by atoms with Crippen LogP contribution in [-0.2, 0) is 0 Å². The van der Waals surface area contributed by atoms with Crippen LogP contribution in [0, 0.1) is 5.92 Å². The summed E-state index contributed by atoms with van der Waals surface area (Å²) in [4.78, 5) is 0. The van der Waals surface area contributed by atoms with Crippen LogP contribution in [0.4, 0.5) is 0 Å². The highest BCUT2D eigenvalue weighted by Crippen LogP contribution is 2.32. The monoisotopic (exact) mass is 224 g/mol. The summed E-state index contributed by atoms with van der Waals surface area (Å²) in [5, 5.41) is 2.68. The summed E-state index contributed by atoms with van der Waals surface area (Å²) in [6, 6.07) is 15.2. The van der Waals surface area contributed by atoms with Gasteiger partial charge in [-0.1, -0.05) is 68.8 Å². The Labute approximate surface area is 104 Å². The summed E-state index contributed by atoms with van der Waals surface area (Å²) in [6.45, 7) is 8.56. The Morgan fingerprint density at radius 1 is 1.12 bits per heavy atom. The Balaban J connectivity index is 2.57. The molecular formula is C17H20. The van der Waals surface area contributed by atoms with E-state index in [0.29, 0.717) is 11.8 Å². The van der Waals surface area contributed by atoms with Crippen LogP contribution in [0.3, 0.4) is 0 Å². The highest BCUT2D eigenvalue weighted by molar-refractivity contribution is 5.86. The van der Waals surface area contributed by atoms with Gasteiger partial charge >= 0.3 is 0 Å². The van der Waals surface area contributed by atoms with Gasteiger partial charge in [-0.3, -0.25) is 0 Å². The van der Waals surface area contributed by atoms with Crippen LogP contribution >= 0.6 is 0 Å². The molecule has 0 aliphatic carbocycles. The summed E-state index contributed by atoms with van der Waals surface area (Å²) >= 11 is 0. The number of fused-ring (bicyclic) bond motifs is 1. The second-order valence-electron chi connectivity index (χ2n) is 4.72. The van der Waals surface area contributed by atoms with Gasteiger partial charge in [-0.2, -0.15) is 0 Å². The SMILES string of the molecule is C=C[C@@H](c1cccc2ccccc12)C(C)CC. The number of hydrogen-bond donors (Lipinski definition) is 0. The third kappa shape index (κ3) is 2.26. The standard InChI is InChI=1S/C17H20/c1-4-13(3)15(5-2)17-12-8-10-14-9-6-7-11-16(14)17/h5-13,15H,2,4H2,1,3H3/t13?,15-/m1/s1. The zero-order valence-electron chi connectivity index (χ0n) is 10.7. The topological polar surface area (TPSA) is 0 Å². The predicted molar refractivity (Wildman–Crippen MR) is 76.3 cm³/mol. The zero-order chi connectivity index (χ0) is 12.3. The zero-order valence-corrected chi connectivity index (χ0v) is 10.7. The summed E-state index contributed by atoms with van der Waals surface area (Å²) < 4.78 is 0. The van der Waals surface area contributed by atoms with Gasteiger partial charge in [-0.05, 0) is 22.3 Å². The molecule has 0 N–H and O–H groups in total. The molecule has 0 saturated carbocycles. The first-order valence-electron chi connectivity index (χ1n) is 6.38. The molecule has 2 rings (SSSR count). The van der Waals surface area contributed by atoms with Gasteiger partial charge in [0.1, 0.15) is 0 Å². The molecule has 0 radical (unpaired) electrons. The Morgan fingerprint density at radius 2 is 1.82 bits per heavy atom.